The number of thiazole rings is 1. The van der Waals surface area contributed by atoms with E-state index in [1.54, 1.807) is 48.4 Å². The quantitative estimate of drug-likeness (QED) is 0.526. The van der Waals surface area contributed by atoms with E-state index in [4.69, 9.17) is 0 Å². The number of amides is 1. The fourth-order valence-electron chi connectivity index (χ4n) is 2.88. The molecule has 28 heavy (non-hydrogen) atoms. The highest BCUT2D eigenvalue weighted by Gasteiger charge is 2.17. The number of rotatable bonds is 3. The molecule has 1 amide bonds. The van der Waals surface area contributed by atoms with E-state index in [2.05, 4.69) is 15.1 Å². The van der Waals surface area contributed by atoms with Crippen molar-refractivity contribution in [2.75, 3.05) is 14.1 Å². The Balaban J connectivity index is 1.86. The van der Waals surface area contributed by atoms with Crippen molar-refractivity contribution in [2.24, 2.45) is 0 Å². The molecule has 8 heteroatoms. The number of carbonyl (C=O) groups excluding carboxylic acids is 1. The molecule has 0 saturated carbocycles. The minimum absolute atomic E-state index is 0.168. The fraction of sp³-hybridized carbons (Fsp3) is 0.200. The van der Waals surface area contributed by atoms with E-state index in [1.165, 1.54) is 17.0 Å². The number of fused-ring (bicyclic) bond motifs is 1. The molecule has 0 spiro atoms. The summed E-state index contributed by atoms with van der Waals surface area (Å²) >= 11 is 1.55. The topological polar surface area (TPSA) is 63.9 Å². The van der Waals surface area contributed by atoms with Crippen molar-refractivity contribution in [3.63, 3.8) is 0 Å². The summed E-state index contributed by atoms with van der Waals surface area (Å²) in [5.74, 6) is -0.566. The van der Waals surface area contributed by atoms with E-state index in [-0.39, 0.29) is 5.91 Å². The third kappa shape index (κ3) is 3.16. The zero-order valence-electron chi connectivity index (χ0n) is 15.9. The standard InChI is InChI=1S/C20H18FN5OS/c1-11-12(2)28-20(23-11)26-10-13(9-22-26)17-8-16(19(27)25(3)4)15-6-5-14(21)7-18(15)24-17/h5-10H,1-4H3. The highest BCUT2D eigenvalue weighted by atomic mass is 32.1. The van der Waals surface area contributed by atoms with Crippen molar-refractivity contribution in [1.82, 2.24) is 24.6 Å². The SMILES string of the molecule is Cc1nc(-n2cc(-c3cc(C(=O)N(C)C)c4ccc(F)cc4n3)cn2)sc1C. The summed E-state index contributed by atoms with van der Waals surface area (Å²) in [4.78, 5) is 24.4. The molecule has 3 aromatic heterocycles. The molecule has 4 rings (SSSR count). The Morgan fingerprint density at radius 1 is 1.18 bits per heavy atom. The van der Waals surface area contributed by atoms with Crippen LogP contribution in [-0.2, 0) is 0 Å². The van der Waals surface area contributed by atoms with E-state index in [1.807, 2.05) is 20.0 Å². The maximum Gasteiger partial charge on any atom is 0.254 e. The smallest absolute Gasteiger partial charge is 0.254 e. The molecule has 3 heterocycles. The van der Waals surface area contributed by atoms with Crippen molar-refractivity contribution in [3.05, 3.63) is 58.6 Å². The lowest BCUT2D eigenvalue weighted by molar-refractivity contribution is 0.0829. The first-order chi connectivity index (χ1) is 13.3. The number of benzene rings is 1. The highest BCUT2D eigenvalue weighted by molar-refractivity contribution is 7.14. The number of pyridine rings is 1. The van der Waals surface area contributed by atoms with Gasteiger partial charge in [-0.25, -0.2) is 19.0 Å². The minimum Gasteiger partial charge on any atom is -0.345 e. The Morgan fingerprint density at radius 3 is 2.64 bits per heavy atom. The second-order valence-electron chi connectivity index (χ2n) is 6.73. The largest absolute Gasteiger partial charge is 0.345 e. The molecule has 0 bridgehead atoms. The van der Waals surface area contributed by atoms with Crippen LogP contribution in [-0.4, -0.2) is 44.7 Å². The van der Waals surface area contributed by atoms with E-state index in [9.17, 15) is 9.18 Å². The van der Waals surface area contributed by atoms with Crippen LogP contribution in [0, 0.1) is 19.7 Å². The summed E-state index contributed by atoms with van der Waals surface area (Å²) in [5, 5.41) is 5.75. The maximum absolute atomic E-state index is 13.8. The van der Waals surface area contributed by atoms with Gasteiger partial charge in [0, 0.05) is 42.2 Å². The van der Waals surface area contributed by atoms with E-state index in [0.717, 1.165) is 21.3 Å². The predicted octanol–water partition coefficient (Wildman–Crippen LogP) is 4.00. The van der Waals surface area contributed by atoms with Gasteiger partial charge in [0.15, 0.2) is 0 Å². The molecule has 6 nitrogen and oxygen atoms in total. The maximum atomic E-state index is 13.8. The Labute approximate surface area is 165 Å². The van der Waals surface area contributed by atoms with Crippen molar-refractivity contribution < 1.29 is 9.18 Å². The third-order valence-electron chi connectivity index (χ3n) is 4.50. The molecule has 0 aliphatic carbocycles. The van der Waals surface area contributed by atoms with Gasteiger partial charge in [-0.15, -0.1) is 0 Å². The first-order valence-corrected chi connectivity index (χ1v) is 9.46. The van der Waals surface area contributed by atoms with Gasteiger partial charge in [-0.2, -0.15) is 5.10 Å². The van der Waals surface area contributed by atoms with Gasteiger partial charge in [0.25, 0.3) is 5.91 Å². The van der Waals surface area contributed by atoms with Crippen LogP contribution in [0.15, 0.2) is 36.7 Å². The summed E-state index contributed by atoms with van der Waals surface area (Å²) in [6, 6.07) is 5.98. The Kier molecular flexibility index (Phi) is 4.43. The lowest BCUT2D eigenvalue weighted by Crippen LogP contribution is -2.22. The second-order valence-corrected chi connectivity index (χ2v) is 7.91. The van der Waals surface area contributed by atoms with E-state index >= 15 is 0 Å². The zero-order chi connectivity index (χ0) is 20.0. The normalized spacial score (nSPS) is 11.2. The molecule has 0 fully saturated rings. The molecular formula is C20H18FN5OS. The highest BCUT2D eigenvalue weighted by Crippen LogP contribution is 2.27. The Hall–Kier alpha value is -3.13. The van der Waals surface area contributed by atoms with Gasteiger partial charge in [-0.05, 0) is 32.0 Å². The average molecular weight is 395 g/mol. The zero-order valence-corrected chi connectivity index (χ0v) is 16.7. The summed E-state index contributed by atoms with van der Waals surface area (Å²) in [6.07, 6.45) is 3.48. The first-order valence-electron chi connectivity index (χ1n) is 8.65. The monoisotopic (exact) mass is 395 g/mol. The molecule has 0 N–H and O–H groups in total. The van der Waals surface area contributed by atoms with Crippen molar-refractivity contribution in [3.8, 4) is 16.4 Å². The van der Waals surface area contributed by atoms with Crippen LogP contribution in [0.1, 0.15) is 20.9 Å². The lowest BCUT2D eigenvalue weighted by atomic mass is 10.0. The first kappa shape index (κ1) is 18.2. The number of hydrogen-bond acceptors (Lipinski definition) is 5. The lowest BCUT2D eigenvalue weighted by Gasteiger charge is -2.13. The number of nitrogens with zero attached hydrogens (tertiary/aromatic N) is 5. The van der Waals surface area contributed by atoms with E-state index in [0.29, 0.717) is 22.2 Å². The molecule has 0 saturated heterocycles. The number of hydrogen-bond donors (Lipinski definition) is 0. The van der Waals surface area contributed by atoms with Gasteiger partial charge in [0.2, 0.25) is 5.13 Å². The summed E-state index contributed by atoms with van der Waals surface area (Å²) in [6.45, 7) is 3.97. The number of aromatic nitrogens is 4. The molecule has 0 unspecified atom stereocenters. The van der Waals surface area contributed by atoms with Gasteiger partial charge < -0.3 is 4.90 Å². The second kappa shape index (κ2) is 6.79. The Bertz CT molecular complexity index is 1190. The summed E-state index contributed by atoms with van der Waals surface area (Å²) in [7, 11) is 3.37. The van der Waals surface area contributed by atoms with Crippen LogP contribution in [0.3, 0.4) is 0 Å². The summed E-state index contributed by atoms with van der Waals surface area (Å²) in [5.41, 5.74) is 3.15. The van der Waals surface area contributed by atoms with Gasteiger partial charge in [0.05, 0.1) is 28.7 Å². The molecule has 0 aliphatic heterocycles. The molecule has 1 aromatic carbocycles. The molecule has 0 aliphatic rings. The van der Waals surface area contributed by atoms with Crippen LogP contribution >= 0.6 is 11.3 Å². The average Bonchev–Trinajstić information content (AvgIpc) is 3.27. The van der Waals surface area contributed by atoms with Crippen LogP contribution in [0.5, 0.6) is 0 Å². The van der Waals surface area contributed by atoms with Gasteiger partial charge in [0.1, 0.15) is 5.82 Å². The number of carbonyl (C=O) groups is 1. The van der Waals surface area contributed by atoms with Crippen LogP contribution in [0.4, 0.5) is 4.39 Å². The fourth-order valence-corrected chi connectivity index (χ4v) is 3.72. The minimum atomic E-state index is -0.398. The molecule has 0 radical (unpaired) electrons. The van der Waals surface area contributed by atoms with Crippen LogP contribution in [0.25, 0.3) is 27.3 Å². The van der Waals surface area contributed by atoms with Gasteiger partial charge >= 0.3 is 0 Å². The molecular weight excluding hydrogens is 377 g/mol. The van der Waals surface area contributed by atoms with Gasteiger partial charge in [-0.1, -0.05) is 11.3 Å². The van der Waals surface area contributed by atoms with Crippen molar-refractivity contribution in [2.45, 2.75) is 13.8 Å². The molecule has 4 aromatic rings. The number of aryl methyl sites for hydroxylation is 2. The van der Waals surface area contributed by atoms with Crippen LogP contribution in [0.2, 0.25) is 0 Å². The summed E-state index contributed by atoms with van der Waals surface area (Å²) < 4.78 is 15.5. The molecule has 0 atom stereocenters. The van der Waals surface area contributed by atoms with E-state index < -0.39 is 5.82 Å². The number of halogens is 1. The van der Waals surface area contributed by atoms with Crippen molar-refractivity contribution >= 4 is 28.1 Å². The van der Waals surface area contributed by atoms with Gasteiger partial charge in [-0.3, -0.25) is 4.79 Å². The third-order valence-corrected chi connectivity index (χ3v) is 5.56. The van der Waals surface area contributed by atoms with Crippen LogP contribution < -0.4 is 0 Å². The molecule has 142 valence electrons. The Morgan fingerprint density at radius 2 is 1.96 bits per heavy atom. The van der Waals surface area contributed by atoms with Crippen molar-refractivity contribution in [1.29, 1.82) is 0 Å². The predicted molar refractivity (Wildman–Crippen MR) is 107 cm³/mol.